The topological polar surface area (TPSA) is 57.2 Å². The van der Waals surface area contributed by atoms with E-state index in [1.54, 1.807) is 14.2 Å². The Bertz CT molecular complexity index is 743. The molecule has 0 heterocycles. The van der Waals surface area contributed by atoms with Gasteiger partial charge in [0, 0.05) is 20.1 Å². The summed E-state index contributed by atoms with van der Waals surface area (Å²) < 4.78 is 23.4. The van der Waals surface area contributed by atoms with Gasteiger partial charge in [-0.2, -0.15) is 0 Å². The summed E-state index contributed by atoms with van der Waals surface area (Å²) in [7, 11) is 3.29. The van der Waals surface area contributed by atoms with Crippen molar-refractivity contribution in [1.82, 2.24) is 0 Å². The molecule has 0 bridgehead atoms. The van der Waals surface area contributed by atoms with Crippen LogP contribution in [0, 0.1) is 5.92 Å². The van der Waals surface area contributed by atoms with Gasteiger partial charge in [0.2, 0.25) is 0 Å². The Balaban J connectivity index is 2.10. The molecule has 0 aromatic heterocycles. The molecule has 0 unspecified atom stereocenters. The van der Waals surface area contributed by atoms with Crippen LogP contribution in [0.1, 0.15) is 25.0 Å². The van der Waals surface area contributed by atoms with Gasteiger partial charge in [0.1, 0.15) is 12.2 Å². The van der Waals surface area contributed by atoms with Crippen molar-refractivity contribution < 1.29 is 24.1 Å². The zero-order valence-electron chi connectivity index (χ0n) is 19.1. The average molecular weight is 429 g/mol. The Morgan fingerprint density at radius 3 is 1.94 bits per heavy atom. The highest BCUT2D eigenvalue weighted by Gasteiger charge is 2.26. The van der Waals surface area contributed by atoms with E-state index in [-0.39, 0.29) is 30.8 Å². The van der Waals surface area contributed by atoms with Gasteiger partial charge in [0.25, 0.3) is 0 Å². The van der Waals surface area contributed by atoms with Gasteiger partial charge >= 0.3 is 0 Å². The first kappa shape index (κ1) is 25.2. The van der Waals surface area contributed by atoms with Gasteiger partial charge in [-0.1, -0.05) is 73.7 Å². The summed E-state index contributed by atoms with van der Waals surface area (Å²) in [6.45, 7) is 5.40. The Morgan fingerprint density at radius 2 is 1.42 bits per heavy atom. The predicted octanol–water partition coefficient (Wildman–Crippen LogP) is 4.39. The third-order valence-electron chi connectivity index (χ3n) is 5.35. The lowest BCUT2D eigenvalue weighted by atomic mass is 9.97. The van der Waals surface area contributed by atoms with Crippen molar-refractivity contribution in [3.05, 3.63) is 83.4 Å². The van der Waals surface area contributed by atoms with Crippen molar-refractivity contribution in [2.75, 3.05) is 27.4 Å². The van der Waals surface area contributed by atoms with Gasteiger partial charge in [-0.15, -0.1) is 0 Å². The third-order valence-corrected chi connectivity index (χ3v) is 5.35. The molecule has 2 rings (SSSR count). The molecule has 2 aromatic rings. The number of aliphatic hydroxyl groups excluding tert-OH is 1. The van der Waals surface area contributed by atoms with E-state index < -0.39 is 0 Å². The van der Waals surface area contributed by atoms with E-state index >= 15 is 0 Å². The van der Waals surface area contributed by atoms with Gasteiger partial charge in [-0.25, -0.2) is 0 Å². The molecule has 4 atom stereocenters. The molecule has 0 saturated carbocycles. The fourth-order valence-electron chi connectivity index (χ4n) is 3.51. The summed E-state index contributed by atoms with van der Waals surface area (Å²) in [5.74, 6) is 0.0283. The molecule has 0 aliphatic carbocycles. The lowest BCUT2D eigenvalue weighted by molar-refractivity contribution is -0.0828. The maximum Gasteiger partial charge on any atom is 0.110 e. The number of benzene rings is 2. The van der Waals surface area contributed by atoms with E-state index in [1.165, 1.54) is 0 Å². The molecule has 1 N–H and O–H groups in total. The van der Waals surface area contributed by atoms with Gasteiger partial charge in [0.15, 0.2) is 0 Å². The molecule has 170 valence electrons. The molecule has 5 heteroatoms. The Morgan fingerprint density at radius 1 is 0.871 bits per heavy atom. The molecule has 0 aliphatic heterocycles. The summed E-state index contributed by atoms with van der Waals surface area (Å²) in [5.41, 5.74) is 3.23. The predicted molar refractivity (Wildman–Crippen MR) is 123 cm³/mol. The fourth-order valence-corrected chi connectivity index (χ4v) is 3.51. The van der Waals surface area contributed by atoms with Crippen molar-refractivity contribution >= 4 is 0 Å². The van der Waals surface area contributed by atoms with Crippen LogP contribution in [0.2, 0.25) is 0 Å². The van der Waals surface area contributed by atoms with Gasteiger partial charge in [-0.05, 0) is 23.6 Å². The van der Waals surface area contributed by atoms with Crippen molar-refractivity contribution in [2.45, 2.75) is 45.4 Å². The molecule has 2 aromatic carbocycles. The zero-order chi connectivity index (χ0) is 22.5. The Hall–Kier alpha value is -2.02. The zero-order valence-corrected chi connectivity index (χ0v) is 19.1. The van der Waals surface area contributed by atoms with Crippen LogP contribution in [0.15, 0.2) is 72.3 Å². The van der Waals surface area contributed by atoms with Crippen LogP contribution in [0.3, 0.4) is 0 Å². The second kappa shape index (κ2) is 14.1. The van der Waals surface area contributed by atoms with Crippen LogP contribution in [0.25, 0.3) is 0 Å². The number of rotatable bonds is 14. The fraction of sp³-hybridized carbons (Fsp3) is 0.462. The van der Waals surface area contributed by atoms with E-state index in [0.717, 1.165) is 16.7 Å². The summed E-state index contributed by atoms with van der Waals surface area (Å²) in [5, 5.41) is 9.55. The number of hydrogen-bond acceptors (Lipinski definition) is 5. The molecule has 0 spiro atoms. The van der Waals surface area contributed by atoms with E-state index in [1.807, 2.05) is 74.5 Å². The van der Waals surface area contributed by atoms with Crippen molar-refractivity contribution in [2.24, 2.45) is 5.92 Å². The van der Waals surface area contributed by atoms with Gasteiger partial charge in [-0.3, -0.25) is 0 Å². The van der Waals surface area contributed by atoms with Crippen LogP contribution >= 0.6 is 0 Å². The minimum Gasteiger partial charge on any atom is -0.394 e. The molecular formula is C26H36O5. The second-order valence-electron chi connectivity index (χ2n) is 7.72. The minimum atomic E-state index is -0.292. The van der Waals surface area contributed by atoms with Crippen molar-refractivity contribution in [1.29, 1.82) is 0 Å². The van der Waals surface area contributed by atoms with Crippen molar-refractivity contribution in [3.63, 3.8) is 0 Å². The summed E-state index contributed by atoms with van der Waals surface area (Å²) in [6, 6.07) is 20.1. The van der Waals surface area contributed by atoms with Crippen LogP contribution in [-0.4, -0.2) is 50.9 Å². The first-order valence-corrected chi connectivity index (χ1v) is 10.7. The first-order valence-electron chi connectivity index (χ1n) is 10.7. The largest absolute Gasteiger partial charge is 0.394 e. The number of aliphatic hydroxyl groups is 1. The van der Waals surface area contributed by atoms with E-state index in [2.05, 4.69) is 6.08 Å². The molecule has 0 fully saturated rings. The van der Waals surface area contributed by atoms with E-state index in [4.69, 9.17) is 18.9 Å². The minimum absolute atomic E-state index is 0.0283. The molecule has 31 heavy (non-hydrogen) atoms. The quantitative estimate of drug-likeness (QED) is 0.452. The molecule has 5 nitrogen and oxygen atoms in total. The Labute approximate surface area is 186 Å². The van der Waals surface area contributed by atoms with Crippen LogP contribution < -0.4 is 0 Å². The molecule has 0 radical (unpaired) electrons. The Kier molecular flexibility index (Phi) is 11.5. The highest BCUT2D eigenvalue weighted by atomic mass is 16.6. The summed E-state index contributed by atoms with van der Waals surface area (Å²) in [4.78, 5) is 0. The molecule has 0 amide bonds. The van der Waals surface area contributed by atoms with Crippen LogP contribution in [0.5, 0.6) is 0 Å². The van der Waals surface area contributed by atoms with E-state index in [0.29, 0.717) is 19.8 Å². The SMILES string of the molecule is CO[C@@H](CO)[C@@H](C)/C=C(\C)[C@H](OCc1ccccc1)[C@H](COCc1ccccc1)OC. The maximum absolute atomic E-state index is 9.55. The average Bonchev–Trinajstić information content (AvgIpc) is 2.80. The first-order chi connectivity index (χ1) is 15.1. The van der Waals surface area contributed by atoms with E-state index in [9.17, 15) is 5.11 Å². The highest BCUT2D eigenvalue weighted by Crippen LogP contribution is 2.21. The lowest BCUT2D eigenvalue weighted by Gasteiger charge is -2.28. The standard InChI is InChI=1S/C26H36O5/c1-20(24(16-27)28-3)15-21(2)26(31-18-23-13-9-6-10-14-23)25(29-4)19-30-17-22-11-7-5-8-12-22/h5-15,20,24-27H,16-19H2,1-4H3/b21-15+/t20-,24-,25-,26-/m0/s1. The maximum atomic E-state index is 9.55. The monoisotopic (exact) mass is 428 g/mol. The van der Waals surface area contributed by atoms with Gasteiger partial charge in [0.05, 0.1) is 32.5 Å². The normalized spacial score (nSPS) is 16.0. The molecular weight excluding hydrogens is 392 g/mol. The number of methoxy groups -OCH3 is 2. The molecule has 0 saturated heterocycles. The smallest absolute Gasteiger partial charge is 0.110 e. The van der Waals surface area contributed by atoms with Crippen LogP contribution in [0.4, 0.5) is 0 Å². The molecule has 0 aliphatic rings. The highest BCUT2D eigenvalue weighted by molar-refractivity contribution is 5.16. The lowest BCUT2D eigenvalue weighted by Crippen LogP contribution is -2.36. The van der Waals surface area contributed by atoms with Gasteiger partial charge < -0.3 is 24.1 Å². The van der Waals surface area contributed by atoms with Crippen molar-refractivity contribution in [3.8, 4) is 0 Å². The number of hydrogen-bond donors (Lipinski definition) is 1. The summed E-state index contributed by atoms with van der Waals surface area (Å²) in [6.07, 6.45) is 1.26. The second-order valence-corrected chi connectivity index (χ2v) is 7.72. The summed E-state index contributed by atoms with van der Waals surface area (Å²) >= 11 is 0. The van der Waals surface area contributed by atoms with Crippen LogP contribution in [-0.2, 0) is 32.2 Å². The third kappa shape index (κ3) is 8.56. The number of ether oxygens (including phenoxy) is 4.